The number of allylic oxidation sites excluding steroid dienone is 1. The van der Waals surface area contributed by atoms with Gasteiger partial charge in [0.25, 0.3) is 5.91 Å². The van der Waals surface area contributed by atoms with Crippen LogP contribution in [0.4, 0.5) is 5.69 Å². The minimum Gasteiger partial charge on any atom is -0.398 e. The molecule has 1 aromatic heterocycles. The molecule has 4 nitrogen and oxygen atoms in total. The van der Waals surface area contributed by atoms with Crippen molar-refractivity contribution < 1.29 is 4.79 Å². The molecule has 0 bridgehead atoms. The van der Waals surface area contributed by atoms with E-state index in [1.807, 2.05) is 24.3 Å². The van der Waals surface area contributed by atoms with Gasteiger partial charge >= 0.3 is 0 Å². The van der Waals surface area contributed by atoms with Crippen LogP contribution in [0.25, 0.3) is 5.57 Å². The van der Waals surface area contributed by atoms with Crippen LogP contribution in [0.15, 0.2) is 53.1 Å². The molecule has 0 spiro atoms. The first-order valence-electron chi connectivity index (χ1n) is 7.61. The van der Waals surface area contributed by atoms with Gasteiger partial charge in [-0.05, 0) is 55.2 Å². The minimum atomic E-state index is -0.143. The maximum atomic E-state index is 12.2. The molecule has 0 saturated heterocycles. The van der Waals surface area contributed by atoms with Crippen molar-refractivity contribution in [2.75, 3.05) is 5.73 Å². The van der Waals surface area contributed by atoms with Crippen LogP contribution in [-0.2, 0) is 0 Å². The predicted octanol–water partition coefficient (Wildman–Crippen LogP) is 3.79. The Kier molecular flexibility index (Phi) is 4.76. The first kappa shape index (κ1) is 15.7. The Morgan fingerprint density at radius 1 is 1.30 bits per heavy atom. The molecule has 1 atom stereocenters. The average Bonchev–Trinajstić information content (AvgIpc) is 2.58. The van der Waals surface area contributed by atoms with Crippen LogP contribution in [-0.4, -0.2) is 16.9 Å². The molecule has 23 heavy (non-hydrogen) atoms. The third-order valence-electron chi connectivity index (χ3n) is 3.94. The summed E-state index contributed by atoms with van der Waals surface area (Å²) < 4.78 is 1.00. The third-order valence-corrected chi connectivity index (χ3v) is 4.43. The Morgan fingerprint density at radius 3 is 2.96 bits per heavy atom. The molecule has 1 amide bonds. The lowest BCUT2D eigenvalue weighted by molar-refractivity contribution is 0.0937. The molecule has 3 rings (SSSR count). The number of nitrogens with one attached hydrogen (secondary N) is 1. The Hall–Kier alpha value is -2.14. The number of rotatable bonds is 3. The number of nitrogen functional groups attached to an aromatic ring is 1. The lowest BCUT2D eigenvalue weighted by atomic mass is 9.90. The molecule has 2 aromatic rings. The van der Waals surface area contributed by atoms with Crippen molar-refractivity contribution >= 4 is 33.1 Å². The zero-order chi connectivity index (χ0) is 16.2. The molecule has 118 valence electrons. The Labute approximate surface area is 143 Å². The van der Waals surface area contributed by atoms with E-state index in [2.05, 4.69) is 32.3 Å². The second-order valence-corrected chi connectivity index (χ2v) is 6.53. The molecule has 1 aliphatic rings. The van der Waals surface area contributed by atoms with Crippen molar-refractivity contribution in [1.29, 1.82) is 0 Å². The third kappa shape index (κ3) is 3.79. The maximum absolute atomic E-state index is 12.2. The van der Waals surface area contributed by atoms with Gasteiger partial charge in [-0.15, -0.1) is 0 Å². The maximum Gasteiger partial charge on any atom is 0.270 e. The number of carbonyl (C=O) groups is 1. The summed E-state index contributed by atoms with van der Waals surface area (Å²) in [6.07, 6.45) is 6.65. The number of carbonyl (C=O) groups excluding carboxylic acids is 1. The molecular weight excluding hydrogens is 354 g/mol. The van der Waals surface area contributed by atoms with Crippen LogP contribution in [0.5, 0.6) is 0 Å². The molecule has 5 heteroatoms. The summed E-state index contributed by atoms with van der Waals surface area (Å²) in [5.74, 6) is -0.143. The van der Waals surface area contributed by atoms with Crippen molar-refractivity contribution in [1.82, 2.24) is 10.3 Å². The van der Waals surface area contributed by atoms with E-state index < -0.39 is 0 Å². The summed E-state index contributed by atoms with van der Waals surface area (Å²) in [6, 6.07) is 11.2. The number of halogens is 1. The van der Waals surface area contributed by atoms with E-state index in [1.165, 1.54) is 5.57 Å². The smallest absolute Gasteiger partial charge is 0.270 e. The van der Waals surface area contributed by atoms with E-state index >= 15 is 0 Å². The Bertz CT molecular complexity index is 743. The largest absolute Gasteiger partial charge is 0.398 e. The highest BCUT2D eigenvalue weighted by Crippen LogP contribution is 2.32. The van der Waals surface area contributed by atoms with Crippen molar-refractivity contribution in [2.24, 2.45) is 0 Å². The molecule has 1 unspecified atom stereocenters. The van der Waals surface area contributed by atoms with Gasteiger partial charge in [0, 0.05) is 28.0 Å². The van der Waals surface area contributed by atoms with Crippen LogP contribution >= 0.6 is 15.9 Å². The summed E-state index contributed by atoms with van der Waals surface area (Å²) in [7, 11) is 0. The first-order chi connectivity index (χ1) is 11.1. The molecule has 0 saturated carbocycles. The molecule has 3 N–H and O–H groups in total. The van der Waals surface area contributed by atoms with Crippen LogP contribution < -0.4 is 11.1 Å². The van der Waals surface area contributed by atoms with Crippen LogP contribution in [0, 0.1) is 0 Å². The van der Waals surface area contributed by atoms with Crippen LogP contribution in [0.3, 0.4) is 0 Å². The summed E-state index contributed by atoms with van der Waals surface area (Å²) in [5.41, 5.74) is 9.52. The molecular formula is C18H18BrN3O. The normalized spacial score (nSPS) is 17.4. The number of pyridine rings is 1. The predicted molar refractivity (Wildman–Crippen MR) is 95.9 cm³/mol. The van der Waals surface area contributed by atoms with Crippen molar-refractivity contribution in [3.8, 4) is 0 Å². The number of hydrogen-bond acceptors (Lipinski definition) is 3. The van der Waals surface area contributed by atoms with Gasteiger partial charge in [-0.3, -0.25) is 9.78 Å². The van der Waals surface area contributed by atoms with Gasteiger partial charge in [0.05, 0.1) is 0 Å². The molecule has 0 fully saturated rings. The fraction of sp³-hybridized carbons (Fsp3) is 0.222. The molecule has 1 heterocycles. The number of anilines is 1. The zero-order valence-corrected chi connectivity index (χ0v) is 14.2. The summed E-state index contributed by atoms with van der Waals surface area (Å²) in [6.45, 7) is 0. The molecule has 0 radical (unpaired) electrons. The van der Waals surface area contributed by atoms with E-state index in [4.69, 9.17) is 5.73 Å². The number of amides is 1. The van der Waals surface area contributed by atoms with E-state index in [9.17, 15) is 4.79 Å². The highest BCUT2D eigenvalue weighted by molar-refractivity contribution is 9.10. The standard InChI is InChI=1S/C18H18BrN3O/c19-13-7-8-16(20)15(11-13)12-4-3-5-14(10-12)22-18(23)17-6-1-2-9-21-17/h1-2,6-11,14H,3-5,20H2,(H,22,23). The molecule has 0 aliphatic heterocycles. The second-order valence-electron chi connectivity index (χ2n) is 5.61. The highest BCUT2D eigenvalue weighted by atomic mass is 79.9. The lowest BCUT2D eigenvalue weighted by Gasteiger charge is -2.23. The summed E-state index contributed by atoms with van der Waals surface area (Å²) in [4.78, 5) is 16.3. The molecule has 1 aliphatic carbocycles. The van der Waals surface area contributed by atoms with Gasteiger partial charge in [0.2, 0.25) is 0 Å². The van der Waals surface area contributed by atoms with E-state index in [1.54, 1.807) is 18.3 Å². The summed E-state index contributed by atoms with van der Waals surface area (Å²) in [5, 5.41) is 3.04. The van der Waals surface area contributed by atoms with Gasteiger partial charge < -0.3 is 11.1 Å². The van der Waals surface area contributed by atoms with Crippen LogP contribution in [0.2, 0.25) is 0 Å². The fourth-order valence-corrected chi connectivity index (χ4v) is 3.17. The Morgan fingerprint density at radius 2 is 2.17 bits per heavy atom. The van der Waals surface area contributed by atoms with Gasteiger partial charge in [-0.25, -0.2) is 0 Å². The number of nitrogens with two attached hydrogens (primary N) is 1. The van der Waals surface area contributed by atoms with E-state index in [0.717, 1.165) is 35.0 Å². The average molecular weight is 372 g/mol. The van der Waals surface area contributed by atoms with Gasteiger partial charge in [0.15, 0.2) is 0 Å². The van der Waals surface area contributed by atoms with Gasteiger partial charge in [-0.1, -0.05) is 28.1 Å². The SMILES string of the molecule is Nc1ccc(Br)cc1C1=CC(NC(=O)c2ccccn2)CCC1. The quantitative estimate of drug-likeness (QED) is 0.806. The fourth-order valence-electron chi connectivity index (χ4n) is 2.81. The number of aromatic nitrogens is 1. The number of nitrogens with zero attached hydrogens (tertiary/aromatic N) is 1. The van der Waals surface area contributed by atoms with Gasteiger partial charge in [-0.2, -0.15) is 0 Å². The van der Waals surface area contributed by atoms with E-state index in [-0.39, 0.29) is 11.9 Å². The first-order valence-corrected chi connectivity index (χ1v) is 8.41. The van der Waals surface area contributed by atoms with Gasteiger partial charge in [0.1, 0.15) is 5.69 Å². The van der Waals surface area contributed by atoms with Crippen molar-refractivity contribution in [2.45, 2.75) is 25.3 Å². The van der Waals surface area contributed by atoms with E-state index in [0.29, 0.717) is 5.69 Å². The highest BCUT2D eigenvalue weighted by Gasteiger charge is 2.19. The zero-order valence-electron chi connectivity index (χ0n) is 12.6. The second kappa shape index (κ2) is 6.96. The lowest BCUT2D eigenvalue weighted by Crippen LogP contribution is -2.35. The monoisotopic (exact) mass is 371 g/mol. The topological polar surface area (TPSA) is 68.0 Å². The number of benzene rings is 1. The minimum absolute atomic E-state index is 0.00615. The number of hydrogen-bond donors (Lipinski definition) is 2. The van der Waals surface area contributed by atoms with Crippen molar-refractivity contribution in [3.63, 3.8) is 0 Å². The van der Waals surface area contributed by atoms with Crippen LogP contribution in [0.1, 0.15) is 35.3 Å². The van der Waals surface area contributed by atoms with Crippen molar-refractivity contribution in [3.05, 3.63) is 64.4 Å². The summed E-state index contributed by atoms with van der Waals surface area (Å²) >= 11 is 3.49. The Balaban J connectivity index is 1.79. The molecule has 1 aromatic carbocycles.